The molecule has 0 aromatic heterocycles. The number of aliphatic hydroxyl groups is 1. The van der Waals surface area contributed by atoms with E-state index in [1.807, 2.05) is 13.0 Å². The van der Waals surface area contributed by atoms with Gasteiger partial charge < -0.3 is 10.2 Å². The molecule has 0 aliphatic heterocycles. The van der Waals surface area contributed by atoms with Gasteiger partial charge in [-0.15, -0.1) is 0 Å². The molecule has 2 N–H and O–H groups in total. The number of hydrogen-bond donors (Lipinski definition) is 2. The minimum Gasteiger partial charge on any atom is -0.507 e. The number of phenols is 1. The Labute approximate surface area is 259 Å². The van der Waals surface area contributed by atoms with Crippen molar-refractivity contribution in [3.63, 3.8) is 0 Å². The Hall–Kier alpha value is -3.45. The van der Waals surface area contributed by atoms with Gasteiger partial charge in [0.2, 0.25) is 0 Å². The zero-order chi connectivity index (χ0) is 32.7. The molecule has 2 fully saturated rings. The lowest BCUT2D eigenvalue weighted by Crippen LogP contribution is -2.76. The molecule has 3 aliphatic carbocycles. The van der Waals surface area contributed by atoms with Gasteiger partial charge in [-0.1, -0.05) is 66.7 Å². The zero-order valence-electron chi connectivity index (χ0n) is 27.1. The van der Waals surface area contributed by atoms with Crippen LogP contribution in [-0.4, -0.2) is 44.7 Å². The third-order valence-electron chi connectivity index (χ3n) is 11.2. The maximum Gasteiger partial charge on any atom is 0.190 e. The molecule has 3 unspecified atom stereocenters. The number of benzene rings is 2. The largest absolute Gasteiger partial charge is 0.507 e. The average Bonchev–Trinajstić information content (AvgIpc) is 2.93. The van der Waals surface area contributed by atoms with Crippen molar-refractivity contribution in [1.29, 1.82) is 0 Å². The Morgan fingerprint density at radius 1 is 0.909 bits per heavy atom. The van der Waals surface area contributed by atoms with Crippen LogP contribution in [0.25, 0.3) is 11.1 Å². The molecule has 0 heterocycles. The predicted octanol–water partition coefficient (Wildman–Crippen LogP) is 5.45. The number of fused-ring (bicyclic) bond motifs is 3. The summed E-state index contributed by atoms with van der Waals surface area (Å²) in [6.07, 6.45) is 2.78. The topological polar surface area (TPSA) is 126 Å². The number of carbonyl (C=O) groups excluding carboxylic acids is 5. The molecule has 0 amide bonds. The quantitative estimate of drug-likeness (QED) is 0.423. The van der Waals surface area contributed by atoms with Crippen LogP contribution in [-0.2, 0) is 44.9 Å². The Balaban J connectivity index is 1.76. The van der Waals surface area contributed by atoms with Gasteiger partial charge in [0.15, 0.2) is 28.7 Å². The maximum absolute atomic E-state index is 14.5. The number of ketones is 5. The fourth-order valence-corrected chi connectivity index (χ4v) is 9.56. The van der Waals surface area contributed by atoms with Gasteiger partial charge in [0.1, 0.15) is 17.5 Å². The van der Waals surface area contributed by atoms with E-state index < -0.39 is 63.1 Å². The molecule has 2 aromatic rings. The van der Waals surface area contributed by atoms with Crippen molar-refractivity contribution in [2.75, 3.05) is 0 Å². The molecule has 2 saturated carbocycles. The van der Waals surface area contributed by atoms with Crippen molar-refractivity contribution >= 4 is 28.9 Å². The van der Waals surface area contributed by atoms with Crippen LogP contribution in [0, 0.1) is 34.5 Å². The van der Waals surface area contributed by atoms with Gasteiger partial charge in [-0.3, -0.25) is 24.0 Å². The van der Waals surface area contributed by atoms with E-state index >= 15 is 0 Å². The van der Waals surface area contributed by atoms with E-state index in [1.165, 1.54) is 22.8 Å². The van der Waals surface area contributed by atoms with E-state index in [0.717, 1.165) is 37.3 Å². The second-order valence-corrected chi connectivity index (χ2v) is 14.1. The number of aromatic hydroxyl groups is 1. The molecule has 0 radical (unpaired) electrons. The summed E-state index contributed by atoms with van der Waals surface area (Å²) in [5, 5.41) is 23.3. The van der Waals surface area contributed by atoms with Crippen LogP contribution < -0.4 is 0 Å². The first-order valence-electron chi connectivity index (χ1n) is 15.9. The number of Topliss-reactive ketones (excluding diaryl/α,β-unsaturated/α-hetero) is 5. The smallest absolute Gasteiger partial charge is 0.190 e. The van der Waals surface area contributed by atoms with E-state index in [-0.39, 0.29) is 30.1 Å². The van der Waals surface area contributed by atoms with Crippen molar-refractivity contribution in [3.8, 4) is 16.9 Å². The van der Waals surface area contributed by atoms with Crippen molar-refractivity contribution in [2.24, 2.45) is 34.5 Å². The van der Waals surface area contributed by atoms with E-state index in [9.17, 15) is 34.2 Å². The first-order chi connectivity index (χ1) is 20.5. The Bertz CT molecular complexity index is 1630. The van der Waals surface area contributed by atoms with Crippen LogP contribution in [0.4, 0.5) is 0 Å². The zero-order valence-corrected chi connectivity index (χ0v) is 27.1. The Morgan fingerprint density at radius 3 is 2.07 bits per heavy atom. The van der Waals surface area contributed by atoms with Gasteiger partial charge >= 0.3 is 0 Å². The first kappa shape index (κ1) is 32.0. The summed E-state index contributed by atoms with van der Waals surface area (Å²) in [4.78, 5) is 69.2. The van der Waals surface area contributed by atoms with Gasteiger partial charge in [0.25, 0.3) is 0 Å². The predicted molar refractivity (Wildman–Crippen MR) is 167 cm³/mol. The van der Waals surface area contributed by atoms with Crippen molar-refractivity contribution in [2.45, 2.75) is 93.1 Å². The van der Waals surface area contributed by atoms with Gasteiger partial charge in [-0.25, -0.2) is 0 Å². The van der Waals surface area contributed by atoms with Crippen LogP contribution in [0.3, 0.4) is 0 Å². The lowest BCUT2D eigenvalue weighted by molar-refractivity contribution is -0.205. The SMILES string of the molecule is CCc1ccc(-c2ccc(O)c3c2C[C@]2(C)C[C@]4(C)C(C(C)C)C(=O)C(C(C)=O)C(=O)[C@]4(O)C(=O)C2C3=O)c(CC)c1CC. The van der Waals surface area contributed by atoms with E-state index in [1.54, 1.807) is 20.8 Å². The third kappa shape index (κ3) is 4.00. The lowest BCUT2D eigenvalue weighted by atomic mass is 9.40. The van der Waals surface area contributed by atoms with Crippen molar-refractivity contribution in [3.05, 3.63) is 52.1 Å². The lowest BCUT2D eigenvalue weighted by Gasteiger charge is -2.61. The van der Waals surface area contributed by atoms with Crippen molar-refractivity contribution < 1.29 is 34.2 Å². The summed E-state index contributed by atoms with van der Waals surface area (Å²) < 4.78 is 0. The second kappa shape index (κ2) is 10.6. The van der Waals surface area contributed by atoms with E-state index in [4.69, 9.17) is 0 Å². The molecule has 0 saturated heterocycles. The van der Waals surface area contributed by atoms with Crippen molar-refractivity contribution in [1.82, 2.24) is 0 Å². The standard InChI is InChI=1S/C37H44O7/c1-9-20-12-13-23(22(11-3)21(20)10-2)24-14-15-26(39)28-25(24)16-35(7)17-36(8)29(18(4)5)31(40)27(19(6)38)33(42)37(36,44)34(43)30(35)32(28)41/h12-15,18,27,29-30,39,44H,9-11,16-17H2,1-8H3/t27?,29?,30?,35-,36-,37+/m1/s1. The molecule has 6 atom stereocenters. The summed E-state index contributed by atoms with van der Waals surface area (Å²) in [6.45, 7) is 14.5. The molecule has 0 bridgehead atoms. The molecule has 0 spiro atoms. The Morgan fingerprint density at radius 2 is 1.52 bits per heavy atom. The highest BCUT2D eigenvalue weighted by Crippen LogP contribution is 2.64. The molecular weight excluding hydrogens is 556 g/mol. The van der Waals surface area contributed by atoms with Crippen LogP contribution in [0.1, 0.15) is 94.4 Å². The number of rotatable bonds is 6. The van der Waals surface area contributed by atoms with Crippen LogP contribution >= 0.6 is 0 Å². The molecule has 7 heteroatoms. The minimum absolute atomic E-state index is 0.0352. The van der Waals surface area contributed by atoms with Gasteiger partial charge in [0.05, 0.1) is 11.5 Å². The van der Waals surface area contributed by atoms with E-state index in [0.29, 0.717) is 5.56 Å². The Kier molecular flexibility index (Phi) is 7.68. The van der Waals surface area contributed by atoms with Gasteiger partial charge in [-0.2, -0.15) is 0 Å². The molecular formula is C37H44O7. The molecule has 7 nitrogen and oxygen atoms in total. The number of aryl methyl sites for hydroxylation is 1. The average molecular weight is 601 g/mol. The fraction of sp³-hybridized carbons (Fsp3) is 0.541. The highest BCUT2D eigenvalue weighted by Gasteiger charge is 2.76. The number of carbonyl (C=O) groups is 5. The normalized spacial score (nSPS) is 31.5. The molecule has 3 aliphatic rings. The molecule has 44 heavy (non-hydrogen) atoms. The number of hydrogen-bond acceptors (Lipinski definition) is 7. The highest BCUT2D eigenvalue weighted by molar-refractivity contribution is 6.32. The number of phenolic OH excluding ortho intramolecular Hbond substituents is 1. The fourth-order valence-electron chi connectivity index (χ4n) is 9.56. The van der Waals surface area contributed by atoms with Crippen LogP contribution in [0.15, 0.2) is 24.3 Å². The minimum atomic E-state index is -2.70. The summed E-state index contributed by atoms with van der Waals surface area (Å²) in [7, 11) is 0. The summed E-state index contributed by atoms with van der Waals surface area (Å²) in [5.41, 5.74) is 0.874. The second-order valence-electron chi connectivity index (χ2n) is 14.1. The first-order valence-corrected chi connectivity index (χ1v) is 15.9. The summed E-state index contributed by atoms with van der Waals surface area (Å²) >= 11 is 0. The third-order valence-corrected chi connectivity index (χ3v) is 11.2. The molecule has 234 valence electrons. The maximum atomic E-state index is 14.5. The summed E-state index contributed by atoms with van der Waals surface area (Å²) in [5.74, 6) is -8.82. The monoisotopic (exact) mass is 600 g/mol. The molecule has 5 rings (SSSR count). The van der Waals surface area contributed by atoms with Gasteiger partial charge in [0, 0.05) is 11.3 Å². The van der Waals surface area contributed by atoms with Crippen LogP contribution in [0.5, 0.6) is 5.75 Å². The van der Waals surface area contributed by atoms with E-state index in [2.05, 4.69) is 32.9 Å². The molecule has 2 aromatic carbocycles. The highest BCUT2D eigenvalue weighted by atomic mass is 16.3. The summed E-state index contributed by atoms with van der Waals surface area (Å²) in [6, 6.07) is 7.49. The van der Waals surface area contributed by atoms with Gasteiger partial charge in [-0.05, 0) is 89.8 Å². The van der Waals surface area contributed by atoms with Crippen LogP contribution in [0.2, 0.25) is 0 Å².